The lowest BCUT2D eigenvalue weighted by atomic mass is 10.1. The molecule has 114 valence electrons. The zero-order valence-electron chi connectivity index (χ0n) is 12.5. The molecule has 1 aromatic rings. The molecule has 0 atom stereocenters. The maximum Gasteiger partial charge on any atom is 0.253 e. The Morgan fingerprint density at radius 2 is 1.76 bits per heavy atom. The summed E-state index contributed by atoms with van der Waals surface area (Å²) in [6.07, 6.45) is 7.72. The first kappa shape index (κ1) is 14.4. The van der Waals surface area contributed by atoms with Gasteiger partial charge in [0.2, 0.25) is 0 Å². The molecule has 0 unspecified atom stereocenters. The molecule has 2 fully saturated rings. The SMILES string of the molecule is Nc1cccc(C(=O)N2CCC(OC3CCCC3)CC2)c1. The van der Waals surface area contributed by atoms with Gasteiger partial charge in [-0.15, -0.1) is 0 Å². The van der Waals surface area contributed by atoms with Gasteiger partial charge in [-0.05, 0) is 43.9 Å². The van der Waals surface area contributed by atoms with Gasteiger partial charge >= 0.3 is 0 Å². The van der Waals surface area contributed by atoms with Crippen LogP contribution in [0.1, 0.15) is 48.9 Å². The molecule has 2 N–H and O–H groups in total. The van der Waals surface area contributed by atoms with Gasteiger partial charge in [0.05, 0.1) is 12.2 Å². The fraction of sp³-hybridized carbons (Fsp3) is 0.588. The van der Waals surface area contributed by atoms with E-state index in [0.717, 1.165) is 25.9 Å². The summed E-state index contributed by atoms with van der Waals surface area (Å²) in [5.74, 6) is 0.0848. The predicted molar refractivity (Wildman–Crippen MR) is 83.1 cm³/mol. The largest absolute Gasteiger partial charge is 0.399 e. The van der Waals surface area contributed by atoms with Gasteiger partial charge in [0.1, 0.15) is 0 Å². The Labute approximate surface area is 126 Å². The molecule has 1 aromatic carbocycles. The minimum atomic E-state index is 0.0848. The number of nitrogens with zero attached hydrogens (tertiary/aromatic N) is 1. The molecule has 0 bridgehead atoms. The minimum absolute atomic E-state index is 0.0848. The summed E-state index contributed by atoms with van der Waals surface area (Å²) in [4.78, 5) is 14.4. The highest BCUT2D eigenvalue weighted by atomic mass is 16.5. The van der Waals surface area contributed by atoms with E-state index in [9.17, 15) is 4.79 Å². The second-order valence-corrected chi connectivity index (χ2v) is 6.16. The van der Waals surface area contributed by atoms with E-state index >= 15 is 0 Å². The fourth-order valence-corrected chi connectivity index (χ4v) is 3.35. The van der Waals surface area contributed by atoms with Gasteiger partial charge in [-0.1, -0.05) is 18.9 Å². The lowest BCUT2D eigenvalue weighted by molar-refractivity contribution is -0.0357. The molecular formula is C17H24N2O2. The van der Waals surface area contributed by atoms with Crippen LogP contribution in [-0.4, -0.2) is 36.1 Å². The Morgan fingerprint density at radius 1 is 1.10 bits per heavy atom. The maximum atomic E-state index is 12.4. The summed E-state index contributed by atoms with van der Waals surface area (Å²) >= 11 is 0. The van der Waals surface area contributed by atoms with Gasteiger partial charge in [0.15, 0.2) is 0 Å². The van der Waals surface area contributed by atoms with E-state index in [0.29, 0.717) is 23.5 Å². The van der Waals surface area contributed by atoms with Gasteiger partial charge in [0, 0.05) is 24.3 Å². The number of ether oxygens (including phenoxy) is 1. The molecule has 1 heterocycles. The average molecular weight is 288 g/mol. The molecule has 1 aliphatic carbocycles. The zero-order chi connectivity index (χ0) is 14.7. The van der Waals surface area contributed by atoms with Crippen molar-refractivity contribution in [1.82, 2.24) is 4.90 Å². The summed E-state index contributed by atoms with van der Waals surface area (Å²) in [5.41, 5.74) is 7.07. The molecule has 1 saturated carbocycles. The smallest absolute Gasteiger partial charge is 0.253 e. The van der Waals surface area contributed by atoms with Crippen LogP contribution in [0, 0.1) is 0 Å². The summed E-state index contributed by atoms with van der Waals surface area (Å²) < 4.78 is 6.15. The maximum absolute atomic E-state index is 12.4. The molecule has 4 nitrogen and oxygen atoms in total. The van der Waals surface area contributed by atoms with Crippen LogP contribution in [0.3, 0.4) is 0 Å². The van der Waals surface area contributed by atoms with Crippen molar-refractivity contribution in [3.05, 3.63) is 29.8 Å². The van der Waals surface area contributed by atoms with Crippen molar-refractivity contribution in [2.24, 2.45) is 0 Å². The van der Waals surface area contributed by atoms with Crippen molar-refractivity contribution in [3.63, 3.8) is 0 Å². The first-order valence-corrected chi connectivity index (χ1v) is 8.02. The van der Waals surface area contributed by atoms with E-state index in [1.54, 1.807) is 12.1 Å². The number of carbonyl (C=O) groups excluding carboxylic acids is 1. The second kappa shape index (κ2) is 6.48. The third-order valence-electron chi connectivity index (χ3n) is 4.55. The highest BCUT2D eigenvalue weighted by molar-refractivity contribution is 5.95. The van der Waals surface area contributed by atoms with E-state index in [2.05, 4.69) is 0 Å². The first-order chi connectivity index (χ1) is 10.2. The number of carbonyl (C=O) groups is 1. The number of benzene rings is 1. The lowest BCUT2D eigenvalue weighted by Gasteiger charge is -2.33. The first-order valence-electron chi connectivity index (χ1n) is 8.02. The number of nitrogen functional groups attached to an aromatic ring is 1. The molecule has 0 aromatic heterocycles. The quantitative estimate of drug-likeness (QED) is 0.870. The van der Waals surface area contributed by atoms with Crippen molar-refractivity contribution < 1.29 is 9.53 Å². The number of hydrogen-bond acceptors (Lipinski definition) is 3. The lowest BCUT2D eigenvalue weighted by Crippen LogP contribution is -2.41. The molecule has 4 heteroatoms. The molecule has 1 aliphatic heterocycles. The molecule has 0 radical (unpaired) electrons. The van der Waals surface area contributed by atoms with Crippen molar-refractivity contribution in [3.8, 4) is 0 Å². The van der Waals surface area contributed by atoms with Crippen LogP contribution in [0.5, 0.6) is 0 Å². The molecule has 1 saturated heterocycles. The van der Waals surface area contributed by atoms with E-state index in [-0.39, 0.29) is 5.91 Å². The molecule has 3 rings (SSSR count). The van der Waals surface area contributed by atoms with E-state index < -0.39 is 0 Å². The van der Waals surface area contributed by atoms with Crippen molar-refractivity contribution >= 4 is 11.6 Å². The van der Waals surface area contributed by atoms with Crippen molar-refractivity contribution in [2.75, 3.05) is 18.8 Å². The molecule has 1 amide bonds. The molecular weight excluding hydrogens is 264 g/mol. The van der Waals surface area contributed by atoms with Crippen LogP contribution < -0.4 is 5.73 Å². The standard InChI is InChI=1S/C17H24N2O2/c18-14-5-3-4-13(12-14)17(20)19-10-8-16(9-11-19)21-15-6-1-2-7-15/h3-5,12,15-16H,1-2,6-11,18H2. The Kier molecular flexibility index (Phi) is 4.44. The predicted octanol–water partition coefficient (Wildman–Crippen LogP) is 2.83. The van der Waals surface area contributed by atoms with Crippen LogP contribution >= 0.6 is 0 Å². The number of amides is 1. The van der Waals surface area contributed by atoms with Gasteiger partial charge in [-0.3, -0.25) is 4.79 Å². The zero-order valence-corrected chi connectivity index (χ0v) is 12.5. The van der Waals surface area contributed by atoms with Gasteiger partial charge in [0.25, 0.3) is 5.91 Å². The number of anilines is 1. The van der Waals surface area contributed by atoms with Crippen LogP contribution in [-0.2, 0) is 4.74 Å². The monoisotopic (exact) mass is 288 g/mol. The fourth-order valence-electron chi connectivity index (χ4n) is 3.35. The molecule has 2 aliphatic rings. The van der Waals surface area contributed by atoms with Gasteiger partial charge in [-0.2, -0.15) is 0 Å². The number of piperidine rings is 1. The summed E-state index contributed by atoms with van der Waals surface area (Å²) in [6, 6.07) is 7.22. The highest BCUT2D eigenvalue weighted by Gasteiger charge is 2.27. The average Bonchev–Trinajstić information content (AvgIpc) is 3.00. The van der Waals surface area contributed by atoms with E-state index in [1.165, 1.54) is 25.7 Å². The van der Waals surface area contributed by atoms with Crippen LogP contribution in [0.2, 0.25) is 0 Å². The highest BCUT2D eigenvalue weighted by Crippen LogP contribution is 2.25. The van der Waals surface area contributed by atoms with Crippen molar-refractivity contribution in [1.29, 1.82) is 0 Å². The van der Waals surface area contributed by atoms with E-state index in [1.807, 2.05) is 17.0 Å². The third kappa shape index (κ3) is 3.56. The Hall–Kier alpha value is -1.55. The number of rotatable bonds is 3. The minimum Gasteiger partial charge on any atom is -0.399 e. The Bertz CT molecular complexity index is 489. The van der Waals surface area contributed by atoms with E-state index in [4.69, 9.17) is 10.5 Å². The van der Waals surface area contributed by atoms with Gasteiger partial charge in [-0.25, -0.2) is 0 Å². The number of likely N-dealkylation sites (tertiary alicyclic amines) is 1. The summed E-state index contributed by atoms with van der Waals surface area (Å²) in [7, 11) is 0. The Morgan fingerprint density at radius 3 is 2.43 bits per heavy atom. The number of nitrogens with two attached hydrogens (primary N) is 1. The molecule has 21 heavy (non-hydrogen) atoms. The molecule has 0 spiro atoms. The topological polar surface area (TPSA) is 55.6 Å². The number of hydrogen-bond donors (Lipinski definition) is 1. The summed E-state index contributed by atoms with van der Waals surface area (Å²) in [5, 5.41) is 0. The normalized spacial score (nSPS) is 20.9. The Balaban J connectivity index is 1.52. The summed E-state index contributed by atoms with van der Waals surface area (Å²) in [6.45, 7) is 1.57. The van der Waals surface area contributed by atoms with Crippen molar-refractivity contribution in [2.45, 2.75) is 50.7 Å². The van der Waals surface area contributed by atoms with Crippen LogP contribution in [0.25, 0.3) is 0 Å². The van der Waals surface area contributed by atoms with Crippen LogP contribution in [0.15, 0.2) is 24.3 Å². The van der Waals surface area contributed by atoms with Gasteiger partial charge < -0.3 is 15.4 Å². The van der Waals surface area contributed by atoms with Crippen LogP contribution in [0.4, 0.5) is 5.69 Å². The second-order valence-electron chi connectivity index (χ2n) is 6.16. The third-order valence-corrected chi connectivity index (χ3v) is 4.55.